The molecule has 0 saturated carbocycles. The number of nitrogens with one attached hydrogen (secondary N) is 1. The number of unbranched alkanes of at least 4 members (excludes halogenated alkanes) is 3. The van der Waals surface area contributed by atoms with E-state index in [0.717, 1.165) is 49.3 Å². The Morgan fingerprint density at radius 3 is 2.42 bits per heavy atom. The maximum Gasteiger partial charge on any atom is 0.270 e. The zero-order valence-electron chi connectivity index (χ0n) is 19.0. The van der Waals surface area contributed by atoms with Gasteiger partial charge in [-0.25, -0.2) is 4.98 Å². The highest BCUT2D eigenvalue weighted by Gasteiger charge is 2.19. The maximum atomic E-state index is 13.1. The molecule has 1 heterocycles. The third-order valence-corrected chi connectivity index (χ3v) is 5.70. The Balaban J connectivity index is 2.02. The molecule has 0 aliphatic carbocycles. The van der Waals surface area contributed by atoms with Gasteiger partial charge < -0.3 is 15.0 Å². The molecule has 0 saturated heterocycles. The fourth-order valence-electron chi connectivity index (χ4n) is 2.93. The Labute approximate surface area is 190 Å². The molecule has 0 atom stereocenters. The SMILES string of the molecule is CCCCNC(=O)c1csc(CN(CCCC)C(=O)c2ccc(OCCCC)cc2)n1. The zero-order chi connectivity index (χ0) is 22.5. The summed E-state index contributed by atoms with van der Waals surface area (Å²) in [6.07, 6.45) is 5.99. The van der Waals surface area contributed by atoms with Gasteiger partial charge in [0.15, 0.2) is 0 Å². The Bertz CT molecular complexity index is 805. The van der Waals surface area contributed by atoms with Crippen molar-refractivity contribution >= 4 is 23.2 Å². The van der Waals surface area contributed by atoms with Gasteiger partial charge in [-0.05, 0) is 43.5 Å². The van der Waals surface area contributed by atoms with Crippen molar-refractivity contribution in [2.75, 3.05) is 19.7 Å². The van der Waals surface area contributed by atoms with Crippen LogP contribution < -0.4 is 10.1 Å². The minimum Gasteiger partial charge on any atom is -0.494 e. The van der Waals surface area contributed by atoms with E-state index >= 15 is 0 Å². The molecule has 2 aromatic rings. The average molecular weight is 446 g/mol. The van der Waals surface area contributed by atoms with Gasteiger partial charge in [0.1, 0.15) is 16.5 Å². The lowest BCUT2D eigenvalue weighted by atomic mass is 10.1. The van der Waals surface area contributed by atoms with Crippen LogP contribution in [-0.2, 0) is 6.54 Å². The van der Waals surface area contributed by atoms with Crippen molar-refractivity contribution in [3.05, 3.63) is 45.9 Å². The Morgan fingerprint density at radius 2 is 1.74 bits per heavy atom. The summed E-state index contributed by atoms with van der Waals surface area (Å²) in [6, 6.07) is 7.33. The topological polar surface area (TPSA) is 71.5 Å². The summed E-state index contributed by atoms with van der Waals surface area (Å²) in [6.45, 7) is 8.71. The van der Waals surface area contributed by atoms with Crippen LogP contribution in [0.15, 0.2) is 29.6 Å². The van der Waals surface area contributed by atoms with Crippen LogP contribution in [0.5, 0.6) is 5.75 Å². The highest BCUT2D eigenvalue weighted by atomic mass is 32.1. The largest absolute Gasteiger partial charge is 0.494 e. The molecule has 0 fully saturated rings. The minimum atomic E-state index is -0.152. The summed E-state index contributed by atoms with van der Waals surface area (Å²) in [5.74, 6) is 0.600. The Morgan fingerprint density at radius 1 is 1.03 bits per heavy atom. The molecular formula is C24H35N3O3S. The van der Waals surface area contributed by atoms with Crippen molar-refractivity contribution in [1.82, 2.24) is 15.2 Å². The van der Waals surface area contributed by atoms with Crippen LogP contribution in [0.2, 0.25) is 0 Å². The molecule has 0 spiro atoms. The predicted molar refractivity (Wildman–Crippen MR) is 126 cm³/mol. The van der Waals surface area contributed by atoms with Crippen LogP contribution in [0.4, 0.5) is 0 Å². The molecule has 6 nitrogen and oxygen atoms in total. The van der Waals surface area contributed by atoms with Gasteiger partial charge in [-0.1, -0.05) is 40.0 Å². The number of carbonyl (C=O) groups excluding carboxylic acids is 2. The fourth-order valence-corrected chi connectivity index (χ4v) is 3.72. The monoisotopic (exact) mass is 445 g/mol. The molecule has 2 amide bonds. The van der Waals surface area contributed by atoms with E-state index in [0.29, 0.717) is 37.5 Å². The van der Waals surface area contributed by atoms with E-state index in [9.17, 15) is 9.59 Å². The Hall–Kier alpha value is -2.41. The van der Waals surface area contributed by atoms with Crippen LogP contribution in [0, 0.1) is 0 Å². The van der Waals surface area contributed by atoms with E-state index in [1.165, 1.54) is 11.3 Å². The standard InChI is InChI=1S/C24H35N3O3S/c1-4-7-14-25-23(28)21-18-31-22(26-21)17-27(15-8-5-2)24(29)19-10-12-20(13-11-19)30-16-9-6-3/h10-13,18H,4-9,14-17H2,1-3H3,(H,25,28). The molecule has 170 valence electrons. The lowest BCUT2D eigenvalue weighted by molar-refractivity contribution is 0.0740. The third-order valence-electron chi connectivity index (χ3n) is 4.86. The molecule has 0 radical (unpaired) electrons. The molecule has 0 aliphatic heterocycles. The predicted octanol–water partition coefficient (Wildman–Crippen LogP) is 5.29. The second-order valence-electron chi connectivity index (χ2n) is 7.54. The van der Waals surface area contributed by atoms with Crippen LogP contribution >= 0.6 is 11.3 Å². The number of rotatable bonds is 14. The van der Waals surface area contributed by atoms with Gasteiger partial charge in [-0.15, -0.1) is 11.3 Å². The van der Waals surface area contributed by atoms with Crippen LogP contribution in [0.3, 0.4) is 0 Å². The molecule has 7 heteroatoms. The second kappa shape index (κ2) is 13.8. The van der Waals surface area contributed by atoms with E-state index in [4.69, 9.17) is 4.74 Å². The van der Waals surface area contributed by atoms with Gasteiger partial charge in [0, 0.05) is 24.0 Å². The van der Waals surface area contributed by atoms with Gasteiger partial charge >= 0.3 is 0 Å². The molecule has 1 aromatic heterocycles. The van der Waals surface area contributed by atoms with Crippen molar-refractivity contribution in [2.24, 2.45) is 0 Å². The zero-order valence-corrected chi connectivity index (χ0v) is 19.8. The molecule has 0 unspecified atom stereocenters. The third kappa shape index (κ3) is 8.32. The van der Waals surface area contributed by atoms with Crippen LogP contribution in [0.1, 0.15) is 85.2 Å². The van der Waals surface area contributed by atoms with Crippen molar-refractivity contribution in [3.63, 3.8) is 0 Å². The fraction of sp³-hybridized carbons (Fsp3) is 0.542. The van der Waals surface area contributed by atoms with E-state index in [-0.39, 0.29) is 11.8 Å². The summed E-state index contributed by atoms with van der Waals surface area (Å²) in [7, 11) is 0. The van der Waals surface area contributed by atoms with E-state index in [1.54, 1.807) is 5.38 Å². The molecule has 0 aliphatic rings. The summed E-state index contributed by atoms with van der Waals surface area (Å²) < 4.78 is 5.69. The first-order valence-electron chi connectivity index (χ1n) is 11.3. The normalized spacial score (nSPS) is 10.7. The van der Waals surface area contributed by atoms with E-state index in [1.807, 2.05) is 29.2 Å². The highest BCUT2D eigenvalue weighted by molar-refractivity contribution is 7.09. The minimum absolute atomic E-state index is 0.0299. The molecular weight excluding hydrogens is 410 g/mol. The molecule has 31 heavy (non-hydrogen) atoms. The first-order valence-corrected chi connectivity index (χ1v) is 12.2. The van der Waals surface area contributed by atoms with Crippen LogP contribution in [-0.4, -0.2) is 41.4 Å². The van der Waals surface area contributed by atoms with E-state index in [2.05, 4.69) is 31.1 Å². The van der Waals surface area contributed by atoms with Crippen LogP contribution in [0.25, 0.3) is 0 Å². The first-order chi connectivity index (χ1) is 15.1. The summed E-state index contributed by atoms with van der Waals surface area (Å²) in [5.41, 5.74) is 1.06. The Kier molecular flexibility index (Phi) is 11.1. The van der Waals surface area contributed by atoms with Gasteiger partial charge in [0.2, 0.25) is 0 Å². The van der Waals surface area contributed by atoms with Gasteiger partial charge in [0.25, 0.3) is 11.8 Å². The van der Waals surface area contributed by atoms with Crippen molar-refractivity contribution < 1.29 is 14.3 Å². The lowest BCUT2D eigenvalue weighted by Gasteiger charge is -2.21. The molecule has 1 N–H and O–H groups in total. The summed E-state index contributed by atoms with van der Waals surface area (Å²) >= 11 is 1.42. The van der Waals surface area contributed by atoms with Crippen molar-refractivity contribution in [2.45, 2.75) is 65.8 Å². The highest BCUT2D eigenvalue weighted by Crippen LogP contribution is 2.18. The molecule has 2 rings (SSSR count). The number of hydrogen-bond acceptors (Lipinski definition) is 5. The second-order valence-corrected chi connectivity index (χ2v) is 8.49. The number of carbonyl (C=O) groups is 2. The number of ether oxygens (including phenoxy) is 1. The van der Waals surface area contributed by atoms with Gasteiger partial charge in [-0.3, -0.25) is 9.59 Å². The number of thiazole rings is 1. The smallest absolute Gasteiger partial charge is 0.270 e. The summed E-state index contributed by atoms with van der Waals surface area (Å²) in [4.78, 5) is 31.6. The van der Waals surface area contributed by atoms with Crippen molar-refractivity contribution in [3.8, 4) is 5.75 Å². The van der Waals surface area contributed by atoms with Crippen molar-refractivity contribution in [1.29, 1.82) is 0 Å². The number of benzene rings is 1. The number of aromatic nitrogens is 1. The molecule has 0 bridgehead atoms. The maximum absolute atomic E-state index is 13.1. The lowest BCUT2D eigenvalue weighted by Crippen LogP contribution is -2.31. The number of amides is 2. The average Bonchev–Trinajstić information content (AvgIpc) is 3.25. The molecule has 1 aromatic carbocycles. The van der Waals surface area contributed by atoms with E-state index < -0.39 is 0 Å². The van der Waals surface area contributed by atoms with Gasteiger partial charge in [-0.2, -0.15) is 0 Å². The number of nitrogens with zero attached hydrogens (tertiary/aromatic N) is 2. The quantitative estimate of drug-likeness (QED) is 0.401. The summed E-state index contributed by atoms with van der Waals surface area (Å²) in [5, 5.41) is 5.42. The first kappa shape index (κ1) is 24.9. The van der Waals surface area contributed by atoms with Gasteiger partial charge in [0.05, 0.1) is 13.2 Å². The number of hydrogen-bond donors (Lipinski definition) is 1.